The summed E-state index contributed by atoms with van der Waals surface area (Å²) in [7, 11) is 1.54. The van der Waals surface area contributed by atoms with Crippen LogP contribution in [0.4, 0.5) is 18.9 Å². The van der Waals surface area contributed by atoms with Crippen molar-refractivity contribution in [1.29, 1.82) is 0 Å². The summed E-state index contributed by atoms with van der Waals surface area (Å²) in [5, 5.41) is 4.48. The Morgan fingerprint density at radius 2 is 1.73 bits per heavy atom. The highest BCUT2D eigenvalue weighted by atomic mass is 19.4. The molecule has 0 radical (unpaired) electrons. The van der Waals surface area contributed by atoms with E-state index in [0.717, 1.165) is 5.56 Å². The lowest BCUT2D eigenvalue weighted by Crippen LogP contribution is -2.36. The van der Waals surface area contributed by atoms with E-state index >= 15 is 0 Å². The predicted octanol–water partition coefficient (Wildman–Crippen LogP) is 3.05. The molecule has 2 N–H and O–H groups in total. The number of anilines is 1. The summed E-state index contributed by atoms with van der Waals surface area (Å²) in [4.78, 5) is 22.8. The molecule has 0 aliphatic carbocycles. The fourth-order valence-electron chi connectivity index (χ4n) is 2.16. The van der Waals surface area contributed by atoms with Crippen LogP contribution in [-0.4, -0.2) is 25.1 Å². The molecule has 0 saturated carbocycles. The van der Waals surface area contributed by atoms with Crippen LogP contribution in [0.1, 0.15) is 11.1 Å². The number of nitrogens with one attached hydrogen (secondary N) is 2. The van der Waals surface area contributed by atoms with Crippen LogP contribution in [0.3, 0.4) is 0 Å². The van der Waals surface area contributed by atoms with Crippen LogP contribution >= 0.6 is 0 Å². The maximum Gasteiger partial charge on any atom is 0.471 e. The van der Waals surface area contributed by atoms with Gasteiger partial charge in [-0.05, 0) is 35.4 Å². The van der Waals surface area contributed by atoms with Crippen LogP contribution < -0.4 is 15.4 Å². The van der Waals surface area contributed by atoms with E-state index in [-0.39, 0.29) is 18.9 Å². The number of carbonyl (C=O) groups excluding carboxylic acids is 2. The second-order valence-electron chi connectivity index (χ2n) is 5.45. The van der Waals surface area contributed by atoms with E-state index in [1.54, 1.807) is 41.7 Å². The third-order valence-corrected chi connectivity index (χ3v) is 3.45. The molecular weight excluding hydrogens is 349 g/mol. The van der Waals surface area contributed by atoms with Gasteiger partial charge in [-0.3, -0.25) is 9.59 Å². The third-order valence-electron chi connectivity index (χ3n) is 3.45. The molecule has 138 valence electrons. The minimum absolute atomic E-state index is 0.153. The Morgan fingerprint density at radius 3 is 2.35 bits per heavy atom. The Morgan fingerprint density at radius 1 is 1.04 bits per heavy atom. The largest absolute Gasteiger partial charge is 0.497 e. The van der Waals surface area contributed by atoms with E-state index in [4.69, 9.17) is 4.74 Å². The number of alkyl halides is 3. The first-order valence-corrected chi connectivity index (χ1v) is 7.64. The normalized spacial score (nSPS) is 10.9. The van der Waals surface area contributed by atoms with Gasteiger partial charge in [0.05, 0.1) is 13.5 Å². The fraction of sp³-hybridized carbons (Fsp3) is 0.222. The molecule has 0 heterocycles. The van der Waals surface area contributed by atoms with Crippen LogP contribution in [0.5, 0.6) is 5.75 Å². The van der Waals surface area contributed by atoms with Gasteiger partial charge < -0.3 is 15.4 Å². The molecule has 0 fully saturated rings. The summed E-state index contributed by atoms with van der Waals surface area (Å²) in [6.45, 7) is -0.254. The molecule has 0 spiro atoms. The molecule has 0 aliphatic heterocycles. The number of carbonyl (C=O) groups is 2. The van der Waals surface area contributed by atoms with Crippen LogP contribution in [0.25, 0.3) is 0 Å². The minimum Gasteiger partial charge on any atom is -0.497 e. The van der Waals surface area contributed by atoms with Gasteiger partial charge in [-0.2, -0.15) is 13.2 Å². The zero-order valence-electron chi connectivity index (χ0n) is 13.9. The number of ether oxygens (including phenoxy) is 1. The van der Waals surface area contributed by atoms with Crippen molar-refractivity contribution in [2.24, 2.45) is 0 Å². The van der Waals surface area contributed by atoms with Crippen molar-refractivity contribution in [3.8, 4) is 5.75 Å². The highest BCUT2D eigenvalue weighted by Gasteiger charge is 2.38. The molecule has 5 nitrogen and oxygen atoms in total. The first-order chi connectivity index (χ1) is 12.3. The van der Waals surface area contributed by atoms with Crippen LogP contribution in [0.15, 0.2) is 48.5 Å². The zero-order valence-corrected chi connectivity index (χ0v) is 13.9. The van der Waals surface area contributed by atoms with Gasteiger partial charge in [-0.1, -0.05) is 24.3 Å². The van der Waals surface area contributed by atoms with E-state index in [0.29, 0.717) is 17.0 Å². The quantitative estimate of drug-likeness (QED) is 0.826. The minimum atomic E-state index is -4.91. The smallest absolute Gasteiger partial charge is 0.471 e. The maximum atomic E-state index is 12.1. The topological polar surface area (TPSA) is 67.4 Å². The molecule has 0 bridgehead atoms. The molecule has 0 aliphatic rings. The predicted molar refractivity (Wildman–Crippen MR) is 89.7 cm³/mol. The van der Waals surface area contributed by atoms with Gasteiger partial charge in [0, 0.05) is 12.2 Å². The Labute approximate surface area is 148 Å². The van der Waals surface area contributed by atoms with Gasteiger partial charge in [0.2, 0.25) is 5.91 Å². The molecule has 2 rings (SSSR count). The summed E-state index contributed by atoms with van der Waals surface area (Å²) >= 11 is 0. The SMILES string of the molecule is COc1cccc(CC(=O)Nc2ccc(CNC(=O)C(F)(F)F)cc2)c1. The molecular formula is C18H17F3N2O3. The standard InChI is InChI=1S/C18H17F3N2O3/c1-26-15-4-2-3-13(9-15)10-16(24)23-14-7-5-12(6-8-14)11-22-17(25)18(19,20)21/h2-9H,10-11H2,1H3,(H,22,25)(H,23,24). The van der Waals surface area contributed by atoms with Gasteiger partial charge in [0.1, 0.15) is 5.75 Å². The van der Waals surface area contributed by atoms with Gasteiger partial charge in [0.25, 0.3) is 0 Å². The summed E-state index contributed by atoms with van der Waals surface area (Å²) in [6, 6.07) is 13.3. The summed E-state index contributed by atoms with van der Waals surface area (Å²) < 4.78 is 41.5. The maximum absolute atomic E-state index is 12.1. The molecule has 0 unspecified atom stereocenters. The number of hydrogen-bond acceptors (Lipinski definition) is 3. The van der Waals surface area contributed by atoms with Crippen molar-refractivity contribution in [2.45, 2.75) is 19.1 Å². The Hall–Kier alpha value is -3.03. The van der Waals surface area contributed by atoms with Crippen LogP contribution in [0.2, 0.25) is 0 Å². The van der Waals surface area contributed by atoms with Crippen molar-refractivity contribution in [3.05, 3.63) is 59.7 Å². The second kappa shape index (κ2) is 8.37. The zero-order chi connectivity index (χ0) is 19.2. The first kappa shape index (κ1) is 19.3. The summed E-state index contributed by atoms with van der Waals surface area (Å²) in [6.07, 6.45) is -4.76. The van der Waals surface area contributed by atoms with Gasteiger partial charge in [-0.25, -0.2) is 0 Å². The first-order valence-electron chi connectivity index (χ1n) is 7.64. The van der Waals surface area contributed by atoms with Crippen molar-refractivity contribution in [3.63, 3.8) is 0 Å². The molecule has 8 heteroatoms. The lowest BCUT2D eigenvalue weighted by Gasteiger charge is -2.09. The van der Waals surface area contributed by atoms with E-state index in [1.165, 1.54) is 19.2 Å². The molecule has 0 saturated heterocycles. The third kappa shape index (κ3) is 5.80. The number of hydrogen-bond donors (Lipinski definition) is 2. The number of methoxy groups -OCH3 is 1. The second-order valence-corrected chi connectivity index (χ2v) is 5.45. The van der Waals surface area contributed by atoms with E-state index in [1.807, 2.05) is 0 Å². The molecule has 0 atom stereocenters. The fourth-order valence-corrected chi connectivity index (χ4v) is 2.16. The summed E-state index contributed by atoms with van der Waals surface area (Å²) in [5.74, 6) is -1.58. The number of rotatable bonds is 6. The van der Waals surface area contributed by atoms with Crippen LogP contribution in [-0.2, 0) is 22.6 Å². The molecule has 2 aromatic rings. The van der Waals surface area contributed by atoms with E-state index in [9.17, 15) is 22.8 Å². The van der Waals surface area contributed by atoms with Gasteiger partial charge in [0.15, 0.2) is 0 Å². The number of amides is 2. The van der Waals surface area contributed by atoms with Crippen molar-refractivity contribution in [1.82, 2.24) is 5.32 Å². The van der Waals surface area contributed by atoms with E-state index in [2.05, 4.69) is 5.32 Å². The highest BCUT2D eigenvalue weighted by molar-refractivity contribution is 5.92. The lowest BCUT2D eigenvalue weighted by molar-refractivity contribution is -0.173. The highest BCUT2D eigenvalue weighted by Crippen LogP contribution is 2.16. The van der Waals surface area contributed by atoms with Crippen molar-refractivity contribution < 1.29 is 27.5 Å². The average Bonchev–Trinajstić information content (AvgIpc) is 2.60. The van der Waals surface area contributed by atoms with Gasteiger partial charge >= 0.3 is 12.1 Å². The number of benzene rings is 2. The summed E-state index contributed by atoms with van der Waals surface area (Å²) in [5.41, 5.74) is 1.77. The monoisotopic (exact) mass is 366 g/mol. The van der Waals surface area contributed by atoms with Crippen LogP contribution in [0, 0.1) is 0 Å². The van der Waals surface area contributed by atoms with Crippen molar-refractivity contribution >= 4 is 17.5 Å². The molecule has 0 aromatic heterocycles. The Kier molecular flexibility index (Phi) is 6.21. The molecule has 26 heavy (non-hydrogen) atoms. The molecule has 2 amide bonds. The van der Waals surface area contributed by atoms with E-state index < -0.39 is 12.1 Å². The van der Waals surface area contributed by atoms with Gasteiger partial charge in [-0.15, -0.1) is 0 Å². The Bertz CT molecular complexity index is 774. The van der Waals surface area contributed by atoms with Crippen molar-refractivity contribution in [2.75, 3.05) is 12.4 Å². The lowest BCUT2D eigenvalue weighted by atomic mass is 10.1. The molecule has 2 aromatic carbocycles. The Balaban J connectivity index is 1.88. The average molecular weight is 366 g/mol. The number of halogens is 3.